The highest BCUT2D eigenvalue weighted by Crippen LogP contribution is 2.35. The summed E-state index contributed by atoms with van der Waals surface area (Å²) >= 11 is 1.14. The van der Waals surface area contributed by atoms with Crippen molar-refractivity contribution in [1.82, 2.24) is 0 Å². The molecule has 0 aromatic heterocycles. The van der Waals surface area contributed by atoms with E-state index in [1.165, 1.54) is 12.1 Å². The number of carbonyl (C=O) groups is 1. The van der Waals surface area contributed by atoms with E-state index in [1.807, 2.05) is 6.07 Å². The second-order valence-electron chi connectivity index (χ2n) is 3.72. The Balaban J connectivity index is 2.11. The summed E-state index contributed by atoms with van der Waals surface area (Å²) in [6, 6.07) is 6.13. The molecule has 0 amide bonds. The molecule has 0 unspecified atom stereocenters. The van der Waals surface area contributed by atoms with Crippen LogP contribution in [0.2, 0.25) is 0 Å². The predicted octanol–water partition coefficient (Wildman–Crippen LogP) is 2.61. The predicted molar refractivity (Wildman–Crippen MR) is 70.8 cm³/mol. The molecule has 0 atom stereocenters. The van der Waals surface area contributed by atoms with Crippen molar-refractivity contribution in [1.29, 1.82) is 5.26 Å². The average Bonchev–Trinajstić information content (AvgIpc) is 2.88. The lowest BCUT2D eigenvalue weighted by Gasteiger charge is -2.17. The van der Waals surface area contributed by atoms with Crippen LogP contribution in [0, 0.1) is 17.1 Å². The third-order valence-corrected chi connectivity index (χ3v) is 3.57. The standard InChI is InChI=1S/C13H11FN2O2S/c1-2-18-13(17)12-5-6-16(19-12)11-4-3-9(8-15)7-10(11)14/h3-5,7H,2,6H2,1H3. The smallest absolute Gasteiger partial charge is 0.346 e. The van der Waals surface area contributed by atoms with Gasteiger partial charge in [-0.15, -0.1) is 0 Å². The first-order valence-corrected chi connectivity index (χ1v) is 6.45. The molecule has 1 aliphatic rings. The Morgan fingerprint density at radius 1 is 1.63 bits per heavy atom. The van der Waals surface area contributed by atoms with Crippen molar-refractivity contribution in [3.8, 4) is 6.07 Å². The highest BCUT2D eigenvalue weighted by atomic mass is 32.2. The molecule has 0 fully saturated rings. The maximum atomic E-state index is 13.8. The number of ether oxygens (including phenoxy) is 1. The van der Waals surface area contributed by atoms with E-state index in [-0.39, 0.29) is 5.56 Å². The maximum Gasteiger partial charge on any atom is 0.346 e. The lowest BCUT2D eigenvalue weighted by atomic mass is 10.2. The van der Waals surface area contributed by atoms with Gasteiger partial charge in [0, 0.05) is 6.54 Å². The zero-order valence-electron chi connectivity index (χ0n) is 10.2. The monoisotopic (exact) mass is 278 g/mol. The number of nitriles is 1. The molecule has 1 aliphatic heterocycles. The molecule has 6 heteroatoms. The minimum Gasteiger partial charge on any atom is -0.462 e. The van der Waals surface area contributed by atoms with Gasteiger partial charge in [0.25, 0.3) is 0 Å². The molecule has 0 aliphatic carbocycles. The molecule has 4 nitrogen and oxygen atoms in total. The largest absolute Gasteiger partial charge is 0.462 e. The topological polar surface area (TPSA) is 53.3 Å². The number of benzene rings is 1. The molecule has 0 spiro atoms. The molecule has 0 bridgehead atoms. The Labute approximate surface area is 114 Å². The van der Waals surface area contributed by atoms with Crippen LogP contribution in [-0.4, -0.2) is 19.1 Å². The fourth-order valence-corrected chi connectivity index (χ4v) is 2.52. The maximum absolute atomic E-state index is 13.8. The van der Waals surface area contributed by atoms with Crippen LogP contribution in [0.25, 0.3) is 0 Å². The van der Waals surface area contributed by atoms with E-state index in [0.717, 1.165) is 11.9 Å². The van der Waals surface area contributed by atoms with Crippen molar-refractivity contribution in [2.45, 2.75) is 6.92 Å². The van der Waals surface area contributed by atoms with Crippen LogP contribution >= 0.6 is 11.9 Å². The number of hydrogen-bond donors (Lipinski definition) is 0. The minimum atomic E-state index is -0.481. The lowest BCUT2D eigenvalue weighted by Crippen LogP contribution is -2.12. The lowest BCUT2D eigenvalue weighted by molar-refractivity contribution is -0.137. The molecular formula is C13H11FN2O2S. The van der Waals surface area contributed by atoms with Gasteiger partial charge in [-0.05, 0) is 43.1 Å². The molecule has 1 aromatic rings. The van der Waals surface area contributed by atoms with E-state index in [4.69, 9.17) is 10.00 Å². The third kappa shape index (κ3) is 2.88. The Morgan fingerprint density at radius 2 is 2.42 bits per heavy atom. The van der Waals surface area contributed by atoms with Gasteiger partial charge in [-0.25, -0.2) is 9.18 Å². The van der Waals surface area contributed by atoms with Gasteiger partial charge in [0.15, 0.2) is 0 Å². The van der Waals surface area contributed by atoms with Crippen LogP contribution in [0.3, 0.4) is 0 Å². The number of anilines is 1. The molecule has 0 N–H and O–H groups in total. The normalized spacial score (nSPS) is 13.9. The summed E-state index contributed by atoms with van der Waals surface area (Å²) in [5.74, 6) is -0.880. The van der Waals surface area contributed by atoms with Crippen molar-refractivity contribution in [3.05, 3.63) is 40.6 Å². The molecule has 19 heavy (non-hydrogen) atoms. The van der Waals surface area contributed by atoms with E-state index in [9.17, 15) is 9.18 Å². The average molecular weight is 278 g/mol. The van der Waals surface area contributed by atoms with Crippen LogP contribution < -0.4 is 4.31 Å². The van der Waals surface area contributed by atoms with Crippen molar-refractivity contribution in [2.75, 3.05) is 17.5 Å². The van der Waals surface area contributed by atoms with Gasteiger partial charge in [0.05, 0.1) is 23.9 Å². The van der Waals surface area contributed by atoms with Gasteiger partial charge in [-0.3, -0.25) is 0 Å². The molecule has 0 saturated carbocycles. The molecule has 0 saturated heterocycles. The van der Waals surface area contributed by atoms with Crippen molar-refractivity contribution < 1.29 is 13.9 Å². The van der Waals surface area contributed by atoms with Crippen LogP contribution in [0.5, 0.6) is 0 Å². The van der Waals surface area contributed by atoms with Gasteiger partial charge in [-0.2, -0.15) is 5.26 Å². The SMILES string of the molecule is CCOC(=O)C1=CCN(c2ccc(C#N)cc2F)S1. The molecule has 98 valence electrons. The van der Waals surface area contributed by atoms with Crippen LogP contribution in [0.1, 0.15) is 12.5 Å². The number of esters is 1. The Kier molecular flexibility index (Phi) is 4.07. The summed E-state index contributed by atoms with van der Waals surface area (Å²) in [5.41, 5.74) is 0.614. The Hall–Kier alpha value is -2.00. The number of carbonyl (C=O) groups excluding carboxylic acids is 1. The second kappa shape index (κ2) is 5.76. The fraction of sp³-hybridized carbons (Fsp3) is 0.231. The van der Waals surface area contributed by atoms with Gasteiger partial charge in [0.1, 0.15) is 10.7 Å². The Bertz CT molecular complexity index is 580. The van der Waals surface area contributed by atoms with E-state index in [0.29, 0.717) is 23.7 Å². The van der Waals surface area contributed by atoms with Gasteiger partial charge < -0.3 is 9.04 Å². The molecule has 1 aromatic carbocycles. The quantitative estimate of drug-likeness (QED) is 0.628. The van der Waals surface area contributed by atoms with E-state index >= 15 is 0 Å². The van der Waals surface area contributed by atoms with Crippen molar-refractivity contribution in [3.63, 3.8) is 0 Å². The van der Waals surface area contributed by atoms with E-state index in [2.05, 4.69) is 0 Å². The molecule has 2 rings (SSSR count). The van der Waals surface area contributed by atoms with Crippen molar-refractivity contribution in [2.24, 2.45) is 0 Å². The first-order valence-electron chi connectivity index (χ1n) is 5.68. The van der Waals surface area contributed by atoms with Crippen LogP contribution in [-0.2, 0) is 9.53 Å². The first-order chi connectivity index (χ1) is 9.15. The van der Waals surface area contributed by atoms with E-state index < -0.39 is 11.8 Å². The Morgan fingerprint density at radius 3 is 3.05 bits per heavy atom. The van der Waals surface area contributed by atoms with Gasteiger partial charge >= 0.3 is 5.97 Å². The first kappa shape index (κ1) is 13.4. The van der Waals surface area contributed by atoms with Gasteiger partial charge in [0.2, 0.25) is 0 Å². The number of nitrogens with zero attached hydrogens (tertiary/aromatic N) is 2. The van der Waals surface area contributed by atoms with Crippen LogP contribution in [0.15, 0.2) is 29.2 Å². The summed E-state index contributed by atoms with van der Waals surface area (Å²) in [7, 11) is 0. The highest BCUT2D eigenvalue weighted by Gasteiger charge is 2.24. The summed E-state index contributed by atoms with van der Waals surface area (Å²) in [6.45, 7) is 2.46. The van der Waals surface area contributed by atoms with E-state index in [1.54, 1.807) is 23.4 Å². The molecule has 0 radical (unpaired) electrons. The number of hydrogen-bond acceptors (Lipinski definition) is 5. The number of halogens is 1. The zero-order valence-corrected chi connectivity index (χ0v) is 11.0. The minimum absolute atomic E-state index is 0.268. The van der Waals surface area contributed by atoms with Crippen LogP contribution in [0.4, 0.5) is 10.1 Å². The molecular weight excluding hydrogens is 267 g/mol. The highest BCUT2D eigenvalue weighted by molar-refractivity contribution is 8.05. The van der Waals surface area contributed by atoms with Crippen molar-refractivity contribution >= 4 is 23.6 Å². The molecule has 1 heterocycles. The summed E-state index contributed by atoms with van der Waals surface area (Å²) in [5, 5.41) is 8.69. The number of rotatable bonds is 3. The summed E-state index contributed by atoms with van der Waals surface area (Å²) < 4.78 is 20.3. The fourth-order valence-electron chi connectivity index (χ4n) is 1.61. The summed E-state index contributed by atoms with van der Waals surface area (Å²) in [4.78, 5) is 12.0. The third-order valence-electron chi connectivity index (χ3n) is 2.47. The zero-order chi connectivity index (χ0) is 13.8. The van der Waals surface area contributed by atoms with Gasteiger partial charge in [-0.1, -0.05) is 0 Å². The second-order valence-corrected chi connectivity index (χ2v) is 4.78. The summed E-state index contributed by atoms with van der Waals surface area (Å²) in [6.07, 6.45) is 1.69.